The predicted octanol–water partition coefficient (Wildman–Crippen LogP) is 2.20. The van der Waals surface area contributed by atoms with E-state index in [0.29, 0.717) is 6.04 Å². The molecule has 1 aromatic rings. The molecule has 2 bridgehead atoms. The van der Waals surface area contributed by atoms with Gasteiger partial charge < -0.3 is 5.11 Å². The Morgan fingerprint density at radius 1 is 1.20 bits per heavy atom. The highest BCUT2D eigenvalue weighted by molar-refractivity contribution is 5.27. The zero-order valence-electron chi connectivity index (χ0n) is 12.6. The topological polar surface area (TPSA) is 26.7 Å². The maximum atomic E-state index is 10.5. The molecule has 2 saturated heterocycles. The van der Waals surface area contributed by atoms with Crippen LogP contribution in [0.2, 0.25) is 0 Å². The van der Waals surface area contributed by atoms with E-state index in [1.807, 2.05) is 12.1 Å². The van der Waals surface area contributed by atoms with Gasteiger partial charge in [-0.1, -0.05) is 24.3 Å². The van der Waals surface area contributed by atoms with Crippen molar-refractivity contribution in [2.45, 2.75) is 44.4 Å². The summed E-state index contributed by atoms with van der Waals surface area (Å²) < 4.78 is 0. The third-order valence-corrected chi connectivity index (χ3v) is 5.21. The molecule has 0 spiro atoms. The first-order valence-corrected chi connectivity index (χ1v) is 7.83. The molecule has 2 aliphatic heterocycles. The molecule has 110 valence electrons. The van der Waals surface area contributed by atoms with E-state index in [9.17, 15) is 5.11 Å². The number of aryl methyl sites for hydroxylation is 1. The van der Waals surface area contributed by atoms with Crippen LogP contribution in [0.15, 0.2) is 24.3 Å². The summed E-state index contributed by atoms with van der Waals surface area (Å²) in [5.41, 5.74) is 2.27. The lowest BCUT2D eigenvalue weighted by Gasteiger charge is -2.28. The van der Waals surface area contributed by atoms with Crippen molar-refractivity contribution >= 4 is 0 Å². The summed E-state index contributed by atoms with van der Waals surface area (Å²) in [6, 6.07) is 9.63. The monoisotopic (exact) mass is 274 g/mol. The minimum Gasteiger partial charge on any atom is -0.387 e. The van der Waals surface area contributed by atoms with Gasteiger partial charge in [-0.25, -0.2) is 0 Å². The summed E-state index contributed by atoms with van der Waals surface area (Å²) >= 11 is 0. The molecule has 2 aliphatic rings. The molecule has 3 nitrogen and oxygen atoms in total. The van der Waals surface area contributed by atoms with E-state index in [-0.39, 0.29) is 6.10 Å². The van der Waals surface area contributed by atoms with Gasteiger partial charge in [0.05, 0.1) is 6.10 Å². The van der Waals surface area contributed by atoms with Gasteiger partial charge in [-0.05, 0) is 50.9 Å². The number of benzene rings is 1. The van der Waals surface area contributed by atoms with E-state index >= 15 is 0 Å². The van der Waals surface area contributed by atoms with Gasteiger partial charge in [-0.3, -0.25) is 9.80 Å². The van der Waals surface area contributed by atoms with Gasteiger partial charge in [-0.15, -0.1) is 0 Å². The average Bonchev–Trinajstić information content (AvgIpc) is 2.67. The Morgan fingerprint density at radius 3 is 2.75 bits per heavy atom. The summed E-state index contributed by atoms with van der Waals surface area (Å²) in [4.78, 5) is 5.01. The van der Waals surface area contributed by atoms with E-state index in [0.717, 1.165) is 31.2 Å². The van der Waals surface area contributed by atoms with Crippen LogP contribution in [-0.4, -0.2) is 53.7 Å². The van der Waals surface area contributed by atoms with Crippen LogP contribution in [0.1, 0.15) is 36.5 Å². The van der Waals surface area contributed by atoms with Crippen LogP contribution in [0.3, 0.4) is 0 Å². The highest BCUT2D eigenvalue weighted by atomic mass is 16.3. The van der Waals surface area contributed by atoms with Crippen LogP contribution in [-0.2, 0) is 0 Å². The molecular weight excluding hydrogens is 248 g/mol. The van der Waals surface area contributed by atoms with E-state index < -0.39 is 0 Å². The summed E-state index contributed by atoms with van der Waals surface area (Å²) in [5, 5.41) is 10.5. The van der Waals surface area contributed by atoms with Crippen molar-refractivity contribution in [1.82, 2.24) is 9.80 Å². The van der Waals surface area contributed by atoms with Crippen molar-refractivity contribution < 1.29 is 5.11 Å². The second-order valence-corrected chi connectivity index (χ2v) is 6.47. The molecule has 3 rings (SSSR count). The first-order chi connectivity index (χ1) is 9.65. The quantitative estimate of drug-likeness (QED) is 0.915. The molecule has 0 radical (unpaired) electrons. The molecule has 0 aromatic heterocycles. The fraction of sp³-hybridized carbons (Fsp3) is 0.647. The molecular formula is C17H26N2O. The zero-order valence-corrected chi connectivity index (χ0v) is 12.6. The van der Waals surface area contributed by atoms with Crippen molar-refractivity contribution in [3.8, 4) is 0 Å². The minimum atomic E-state index is -0.363. The largest absolute Gasteiger partial charge is 0.387 e. The van der Waals surface area contributed by atoms with E-state index in [1.165, 1.54) is 24.8 Å². The van der Waals surface area contributed by atoms with Crippen molar-refractivity contribution in [1.29, 1.82) is 0 Å². The summed E-state index contributed by atoms with van der Waals surface area (Å²) in [6.07, 6.45) is 3.55. The van der Waals surface area contributed by atoms with Crippen LogP contribution in [0.25, 0.3) is 0 Å². The average molecular weight is 274 g/mol. The molecule has 2 heterocycles. The number of hydrogen-bond donors (Lipinski definition) is 1. The van der Waals surface area contributed by atoms with E-state index in [2.05, 4.69) is 35.9 Å². The van der Waals surface area contributed by atoms with Crippen molar-refractivity contribution in [3.05, 3.63) is 35.4 Å². The Labute approximate surface area is 122 Å². The number of rotatable bonds is 3. The molecule has 3 atom stereocenters. The van der Waals surface area contributed by atoms with Crippen LogP contribution in [0, 0.1) is 6.92 Å². The third kappa shape index (κ3) is 2.76. The molecule has 1 aromatic carbocycles. The second kappa shape index (κ2) is 5.84. The molecule has 0 aliphatic carbocycles. The number of hydrogen-bond acceptors (Lipinski definition) is 3. The maximum Gasteiger partial charge on any atom is 0.0919 e. The van der Waals surface area contributed by atoms with Crippen LogP contribution < -0.4 is 0 Å². The van der Waals surface area contributed by atoms with Crippen molar-refractivity contribution in [2.75, 3.05) is 26.7 Å². The highest BCUT2D eigenvalue weighted by Crippen LogP contribution is 2.29. The molecule has 2 fully saturated rings. The normalized spacial score (nSPS) is 29.4. The Kier molecular flexibility index (Phi) is 4.11. The lowest BCUT2D eigenvalue weighted by atomic mass is 10.0. The fourth-order valence-corrected chi connectivity index (χ4v) is 3.85. The minimum absolute atomic E-state index is 0.363. The number of likely N-dealkylation sites (tertiary alicyclic amines) is 1. The summed E-state index contributed by atoms with van der Waals surface area (Å²) in [5.74, 6) is 0. The SMILES string of the molecule is Cc1ccccc1C(O)CN1CCC2CCC(C1)N2C. The fourth-order valence-electron chi connectivity index (χ4n) is 3.85. The number of β-amino-alcohol motifs (C(OH)–C–C–N with tert-alkyl or cyclic N) is 1. The Balaban J connectivity index is 1.65. The third-order valence-electron chi connectivity index (χ3n) is 5.21. The van der Waals surface area contributed by atoms with Crippen LogP contribution >= 0.6 is 0 Å². The standard InChI is InChI=1S/C17H26N2O/c1-13-5-3-4-6-16(13)17(20)12-19-10-9-14-7-8-15(11-19)18(14)2/h3-6,14-15,17,20H,7-12H2,1-2H3. The molecule has 0 saturated carbocycles. The van der Waals surface area contributed by atoms with Crippen LogP contribution in [0.5, 0.6) is 0 Å². The summed E-state index contributed by atoms with van der Waals surface area (Å²) in [7, 11) is 2.27. The smallest absolute Gasteiger partial charge is 0.0919 e. The number of aliphatic hydroxyl groups excluding tert-OH is 1. The first-order valence-electron chi connectivity index (χ1n) is 7.83. The van der Waals surface area contributed by atoms with Gasteiger partial charge in [0.2, 0.25) is 0 Å². The summed E-state index contributed by atoms with van der Waals surface area (Å²) in [6.45, 7) is 5.07. The Bertz CT molecular complexity index is 462. The molecule has 0 amide bonds. The van der Waals surface area contributed by atoms with Crippen molar-refractivity contribution in [3.63, 3.8) is 0 Å². The maximum absolute atomic E-state index is 10.5. The van der Waals surface area contributed by atoms with E-state index in [4.69, 9.17) is 0 Å². The number of aliphatic hydroxyl groups is 1. The van der Waals surface area contributed by atoms with Crippen LogP contribution in [0.4, 0.5) is 0 Å². The molecule has 20 heavy (non-hydrogen) atoms. The van der Waals surface area contributed by atoms with Gasteiger partial charge in [0, 0.05) is 25.2 Å². The lowest BCUT2D eigenvalue weighted by Crippen LogP contribution is -2.38. The lowest BCUT2D eigenvalue weighted by molar-refractivity contribution is 0.106. The second-order valence-electron chi connectivity index (χ2n) is 6.47. The molecule has 3 unspecified atom stereocenters. The number of likely N-dealkylation sites (N-methyl/N-ethyl adjacent to an activating group) is 1. The van der Waals surface area contributed by atoms with E-state index in [1.54, 1.807) is 0 Å². The number of fused-ring (bicyclic) bond motifs is 2. The van der Waals surface area contributed by atoms with Gasteiger partial charge in [0.15, 0.2) is 0 Å². The highest BCUT2D eigenvalue weighted by Gasteiger charge is 2.34. The van der Waals surface area contributed by atoms with Gasteiger partial charge in [0.25, 0.3) is 0 Å². The first kappa shape index (κ1) is 14.1. The zero-order chi connectivity index (χ0) is 14.1. The predicted molar refractivity (Wildman–Crippen MR) is 81.8 cm³/mol. The van der Waals surface area contributed by atoms with Gasteiger partial charge >= 0.3 is 0 Å². The Hall–Kier alpha value is -0.900. The molecule has 3 heteroatoms. The molecule has 1 N–H and O–H groups in total. The number of nitrogens with zero attached hydrogens (tertiary/aromatic N) is 2. The van der Waals surface area contributed by atoms with Gasteiger partial charge in [0.1, 0.15) is 0 Å². The van der Waals surface area contributed by atoms with Gasteiger partial charge in [-0.2, -0.15) is 0 Å². The van der Waals surface area contributed by atoms with Crippen molar-refractivity contribution in [2.24, 2.45) is 0 Å². The Morgan fingerprint density at radius 2 is 1.95 bits per heavy atom.